The zero-order valence-corrected chi connectivity index (χ0v) is 10.3. The number of carbonyl (C=O) groups is 1. The maximum atomic E-state index is 11.6. The second kappa shape index (κ2) is 5.77. The Balaban J connectivity index is 1.94. The lowest BCUT2D eigenvalue weighted by Crippen LogP contribution is -2.19. The van der Waals surface area contributed by atoms with Crippen LogP contribution in [0.25, 0.3) is 6.08 Å². The third kappa shape index (κ3) is 3.64. The van der Waals surface area contributed by atoms with Gasteiger partial charge in [0, 0.05) is 17.5 Å². The Kier molecular flexibility index (Phi) is 3.87. The molecule has 0 atom stereocenters. The van der Waals surface area contributed by atoms with E-state index in [4.69, 9.17) is 15.9 Å². The molecule has 5 heteroatoms. The average molecular weight is 257 g/mol. The molecule has 2 aromatic rings. The first kappa shape index (κ1) is 12.8. The number of rotatable bonds is 4. The van der Waals surface area contributed by atoms with Gasteiger partial charge < -0.3 is 21.2 Å². The third-order valence-electron chi connectivity index (χ3n) is 2.54. The highest BCUT2D eigenvalue weighted by molar-refractivity contribution is 5.92. The van der Waals surface area contributed by atoms with E-state index in [0.717, 1.165) is 0 Å². The van der Waals surface area contributed by atoms with Gasteiger partial charge in [-0.25, -0.2) is 0 Å². The normalized spacial score (nSPS) is 10.7. The number of carbonyl (C=O) groups excluding carboxylic acids is 1. The molecule has 0 saturated carbocycles. The van der Waals surface area contributed by atoms with Crippen molar-refractivity contribution in [1.29, 1.82) is 0 Å². The number of anilines is 2. The molecule has 0 aliphatic rings. The highest BCUT2D eigenvalue weighted by Gasteiger charge is 2.00. The predicted molar refractivity (Wildman–Crippen MR) is 74.9 cm³/mol. The first-order valence-electron chi connectivity index (χ1n) is 5.78. The van der Waals surface area contributed by atoms with Gasteiger partial charge in [-0.15, -0.1) is 0 Å². The SMILES string of the molecule is Nc1ccc(N)c(C=CC(=O)NCc2ccco2)c1. The third-order valence-corrected chi connectivity index (χ3v) is 2.54. The summed E-state index contributed by atoms with van der Waals surface area (Å²) in [6.45, 7) is 0.350. The van der Waals surface area contributed by atoms with Gasteiger partial charge in [0.2, 0.25) is 5.91 Å². The minimum Gasteiger partial charge on any atom is -0.467 e. The van der Waals surface area contributed by atoms with Gasteiger partial charge in [-0.3, -0.25) is 4.79 Å². The van der Waals surface area contributed by atoms with Crippen molar-refractivity contribution < 1.29 is 9.21 Å². The van der Waals surface area contributed by atoms with Crippen LogP contribution >= 0.6 is 0 Å². The maximum Gasteiger partial charge on any atom is 0.244 e. The number of amides is 1. The summed E-state index contributed by atoms with van der Waals surface area (Å²) < 4.78 is 5.11. The summed E-state index contributed by atoms with van der Waals surface area (Å²) in [5.41, 5.74) is 13.3. The quantitative estimate of drug-likeness (QED) is 0.574. The Hall–Kier alpha value is -2.69. The molecule has 1 amide bonds. The van der Waals surface area contributed by atoms with E-state index in [9.17, 15) is 4.79 Å². The molecular formula is C14H15N3O2. The molecule has 0 aliphatic heterocycles. The number of nitrogens with two attached hydrogens (primary N) is 2. The number of nitrogen functional groups attached to an aromatic ring is 2. The van der Waals surface area contributed by atoms with Crippen molar-refractivity contribution in [3.05, 3.63) is 54.0 Å². The number of hydrogen-bond acceptors (Lipinski definition) is 4. The fourth-order valence-electron chi connectivity index (χ4n) is 1.55. The van der Waals surface area contributed by atoms with E-state index in [0.29, 0.717) is 29.2 Å². The van der Waals surface area contributed by atoms with E-state index >= 15 is 0 Å². The smallest absolute Gasteiger partial charge is 0.244 e. The summed E-state index contributed by atoms with van der Waals surface area (Å²) in [5.74, 6) is 0.475. The molecule has 1 aromatic heterocycles. The summed E-state index contributed by atoms with van der Waals surface area (Å²) in [4.78, 5) is 11.6. The second-order valence-electron chi connectivity index (χ2n) is 4.02. The van der Waals surface area contributed by atoms with Gasteiger partial charge in [-0.2, -0.15) is 0 Å². The zero-order chi connectivity index (χ0) is 13.7. The monoisotopic (exact) mass is 257 g/mol. The average Bonchev–Trinajstić information content (AvgIpc) is 2.90. The molecule has 0 unspecified atom stereocenters. The molecule has 5 N–H and O–H groups in total. The van der Waals surface area contributed by atoms with Crippen LogP contribution in [0.4, 0.5) is 11.4 Å². The molecule has 0 spiro atoms. The Bertz CT molecular complexity index is 589. The molecule has 0 aliphatic carbocycles. The standard InChI is InChI=1S/C14H15N3O2/c15-11-4-5-13(16)10(8-11)3-6-14(18)17-9-12-2-1-7-19-12/h1-8H,9,15-16H2,(H,17,18). The van der Waals surface area contributed by atoms with Gasteiger partial charge in [-0.1, -0.05) is 0 Å². The van der Waals surface area contributed by atoms with Gasteiger partial charge in [0.15, 0.2) is 0 Å². The molecule has 1 aromatic carbocycles. The van der Waals surface area contributed by atoms with Crippen LogP contribution in [-0.2, 0) is 11.3 Å². The molecule has 19 heavy (non-hydrogen) atoms. The van der Waals surface area contributed by atoms with Crippen LogP contribution in [0.2, 0.25) is 0 Å². The fraction of sp³-hybridized carbons (Fsp3) is 0.0714. The molecular weight excluding hydrogens is 242 g/mol. The van der Waals surface area contributed by atoms with Crippen LogP contribution < -0.4 is 16.8 Å². The lowest BCUT2D eigenvalue weighted by atomic mass is 10.1. The Morgan fingerprint density at radius 2 is 2.16 bits per heavy atom. The number of hydrogen-bond donors (Lipinski definition) is 3. The minimum absolute atomic E-state index is 0.224. The van der Waals surface area contributed by atoms with E-state index < -0.39 is 0 Å². The van der Waals surface area contributed by atoms with Crippen LogP contribution in [0, 0.1) is 0 Å². The molecule has 0 bridgehead atoms. The van der Waals surface area contributed by atoms with Crippen molar-refractivity contribution in [2.45, 2.75) is 6.54 Å². The topological polar surface area (TPSA) is 94.3 Å². The van der Waals surface area contributed by atoms with E-state index in [2.05, 4.69) is 5.32 Å². The van der Waals surface area contributed by atoms with E-state index in [1.165, 1.54) is 6.08 Å². The molecule has 5 nitrogen and oxygen atoms in total. The van der Waals surface area contributed by atoms with Crippen molar-refractivity contribution in [2.24, 2.45) is 0 Å². The summed E-state index contributed by atoms with van der Waals surface area (Å²) in [6, 6.07) is 8.69. The largest absolute Gasteiger partial charge is 0.467 e. The molecule has 0 fully saturated rings. The number of furan rings is 1. The van der Waals surface area contributed by atoms with E-state index in [-0.39, 0.29) is 5.91 Å². The number of nitrogens with one attached hydrogen (secondary N) is 1. The van der Waals surface area contributed by atoms with Crippen molar-refractivity contribution in [3.63, 3.8) is 0 Å². The van der Waals surface area contributed by atoms with Crippen LogP contribution in [0.5, 0.6) is 0 Å². The summed E-state index contributed by atoms with van der Waals surface area (Å²) in [7, 11) is 0. The highest BCUT2D eigenvalue weighted by atomic mass is 16.3. The first-order valence-corrected chi connectivity index (χ1v) is 5.78. The predicted octanol–water partition coefficient (Wildman–Crippen LogP) is 1.77. The molecule has 2 rings (SSSR count). The van der Waals surface area contributed by atoms with E-state index in [1.807, 2.05) is 0 Å². The van der Waals surface area contributed by atoms with Crippen molar-refractivity contribution in [3.8, 4) is 0 Å². The minimum atomic E-state index is -0.224. The fourth-order valence-corrected chi connectivity index (χ4v) is 1.55. The van der Waals surface area contributed by atoms with Gasteiger partial charge >= 0.3 is 0 Å². The van der Waals surface area contributed by atoms with Crippen molar-refractivity contribution in [2.75, 3.05) is 11.5 Å². The summed E-state index contributed by atoms with van der Waals surface area (Å²) in [6.07, 6.45) is 4.60. The Morgan fingerprint density at radius 3 is 2.89 bits per heavy atom. The van der Waals surface area contributed by atoms with Crippen molar-refractivity contribution in [1.82, 2.24) is 5.32 Å². The van der Waals surface area contributed by atoms with Crippen molar-refractivity contribution >= 4 is 23.4 Å². The lowest BCUT2D eigenvalue weighted by molar-refractivity contribution is -0.116. The van der Waals surface area contributed by atoms with Crippen LogP contribution in [0.15, 0.2) is 47.1 Å². The zero-order valence-electron chi connectivity index (χ0n) is 10.3. The second-order valence-corrected chi connectivity index (χ2v) is 4.02. The summed E-state index contributed by atoms with van der Waals surface area (Å²) >= 11 is 0. The Morgan fingerprint density at radius 1 is 1.32 bits per heavy atom. The number of benzene rings is 1. The first-order chi connectivity index (χ1) is 9.15. The lowest BCUT2D eigenvalue weighted by Gasteiger charge is -2.02. The van der Waals surface area contributed by atoms with Crippen LogP contribution in [0.3, 0.4) is 0 Å². The van der Waals surface area contributed by atoms with Crippen LogP contribution in [-0.4, -0.2) is 5.91 Å². The molecule has 98 valence electrons. The molecule has 0 radical (unpaired) electrons. The summed E-state index contributed by atoms with van der Waals surface area (Å²) in [5, 5.41) is 2.70. The maximum absolute atomic E-state index is 11.6. The van der Waals surface area contributed by atoms with Crippen LogP contribution in [0.1, 0.15) is 11.3 Å². The van der Waals surface area contributed by atoms with E-state index in [1.54, 1.807) is 42.7 Å². The van der Waals surface area contributed by atoms with Gasteiger partial charge in [0.25, 0.3) is 0 Å². The highest BCUT2D eigenvalue weighted by Crippen LogP contribution is 2.16. The van der Waals surface area contributed by atoms with Gasteiger partial charge in [-0.05, 0) is 42.0 Å². The van der Waals surface area contributed by atoms with Gasteiger partial charge in [0.1, 0.15) is 5.76 Å². The molecule has 0 saturated heterocycles. The Labute approximate surface area is 110 Å². The molecule has 1 heterocycles. The van der Waals surface area contributed by atoms with Gasteiger partial charge in [0.05, 0.1) is 12.8 Å².